The lowest BCUT2D eigenvalue weighted by Crippen LogP contribution is -2.37. The summed E-state index contributed by atoms with van der Waals surface area (Å²) >= 11 is 0. The Labute approximate surface area is 197 Å². The van der Waals surface area contributed by atoms with Crippen molar-refractivity contribution in [2.24, 2.45) is 5.92 Å². The SMILES string of the molecule is Cc1cc2cc(C(=O)N(Cc3ccc(C#N)cn3)C(c3ncccn3)C3CC3)ccc2nc1N. The Kier molecular flexibility index (Phi) is 5.60. The van der Waals surface area contributed by atoms with Gasteiger partial charge in [0.15, 0.2) is 5.82 Å². The Morgan fingerprint density at radius 3 is 2.65 bits per heavy atom. The van der Waals surface area contributed by atoms with Gasteiger partial charge in [-0.2, -0.15) is 5.26 Å². The van der Waals surface area contributed by atoms with E-state index in [1.165, 1.54) is 6.20 Å². The zero-order valence-electron chi connectivity index (χ0n) is 18.7. The third kappa shape index (κ3) is 4.28. The number of pyridine rings is 2. The molecule has 5 rings (SSSR count). The van der Waals surface area contributed by atoms with Crippen LogP contribution in [0.5, 0.6) is 0 Å². The second kappa shape index (κ2) is 8.87. The Bertz CT molecular complexity index is 1390. The van der Waals surface area contributed by atoms with Crippen molar-refractivity contribution in [2.75, 3.05) is 5.73 Å². The Morgan fingerprint density at radius 1 is 1.18 bits per heavy atom. The number of aromatic nitrogens is 4. The standard InChI is InChI=1S/C26H23N7O/c1-16-11-20-12-19(6-8-22(20)32-24(16)28)26(34)33(15-21-7-3-17(13-27)14-31-21)23(18-4-5-18)25-29-9-2-10-30-25/h2-3,6-12,14,18,23H,4-5,15H2,1H3,(H2,28,32). The monoisotopic (exact) mass is 449 g/mol. The number of nitriles is 1. The molecule has 1 fully saturated rings. The predicted octanol–water partition coefficient (Wildman–Crippen LogP) is 3.98. The zero-order chi connectivity index (χ0) is 23.7. The van der Waals surface area contributed by atoms with Gasteiger partial charge in [0.25, 0.3) is 5.91 Å². The molecule has 3 aromatic heterocycles. The average Bonchev–Trinajstić information content (AvgIpc) is 3.70. The molecule has 0 spiro atoms. The maximum atomic E-state index is 14.0. The molecule has 1 saturated carbocycles. The fourth-order valence-electron chi connectivity index (χ4n) is 4.13. The van der Waals surface area contributed by atoms with Crippen molar-refractivity contribution in [1.82, 2.24) is 24.8 Å². The molecule has 0 saturated heterocycles. The van der Waals surface area contributed by atoms with E-state index < -0.39 is 0 Å². The van der Waals surface area contributed by atoms with Gasteiger partial charge in [-0.05, 0) is 73.7 Å². The van der Waals surface area contributed by atoms with E-state index in [0.717, 1.165) is 29.3 Å². The van der Waals surface area contributed by atoms with Gasteiger partial charge in [0.1, 0.15) is 11.9 Å². The van der Waals surface area contributed by atoms with Crippen molar-refractivity contribution in [1.29, 1.82) is 5.26 Å². The van der Waals surface area contributed by atoms with E-state index in [4.69, 9.17) is 11.0 Å². The molecule has 1 unspecified atom stereocenters. The largest absolute Gasteiger partial charge is 0.383 e. The van der Waals surface area contributed by atoms with Gasteiger partial charge < -0.3 is 10.6 Å². The Balaban J connectivity index is 1.56. The summed E-state index contributed by atoms with van der Waals surface area (Å²) in [6.45, 7) is 2.18. The van der Waals surface area contributed by atoms with Crippen molar-refractivity contribution < 1.29 is 4.79 Å². The molecule has 1 aromatic carbocycles. The summed E-state index contributed by atoms with van der Waals surface area (Å²) in [4.78, 5) is 33.6. The fraction of sp³-hybridized carbons (Fsp3) is 0.231. The summed E-state index contributed by atoms with van der Waals surface area (Å²) in [5, 5.41) is 9.96. The molecular formula is C26H23N7O. The topological polar surface area (TPSA) is 122 Å². The third-order valence-electron chi connectivity index (χ3n) is 6.09. The van der Waals surface area contributed by atoms with Crippen molar-refractivity contribution in [3.63, 3.8) is 0 Å². The molecule has 34 heavy (non-hydrogen) atoms. The summed E-state index contributed by atoms with van der Waals surface area (Å²) in [6, 6.07) is 14.5. The van der Waals surface area contributed by atoms with Gasteiger partial charge >= 0.3 is 0 Å². The number of nitrogen functional groups attached to an aromatic ring is 1. The van der Waals surface area contributed by atoms with Gasteiger partial charge in [0.05, 0.1) is 29.4 Å². The minimum Gasteiger partial charge on any atom is -0.383 e. The molecular weight excluding hydrogens is 426 g/mol. The lowest BCUT2D eigenvalue weighted by molar-refractivity contribution is 0.0618. The number of anilines is 1. The first-order chi connectivity index (χ1) is 16.5. The van der Waals surface area contributed by atoms with Crippen LogP contribution in [0.25, 0.3) is 10.9 Å². The number of hydrogen-bond donors (Lipinski definition) is 1. The zero-order valence-corrected chi connectivity index (χ0v) is 18.7. The normalized spacial score (nSPS) is 13.9. The number of aryl methyl sites for hydroxylation is 1. The number of amides is 1. The molecule has 0 bridgehead atoms. The van der Waals surface area contributed by atoms with Gasteiger partial charge in [-0.15, -0.1) is 0 Å². The van der Waals surface area contributed by atoms with Crippen molar-refractivity contribution >= 4 is 22.6 Å². The highest BCUT2D eigenvalue weighted by Gasteiger charge is 2.40. The van der Waals surface area contributed by atoms with Crippen LogP contribution in [0.4, 0.5) is 5.82 Å². The summed E-state index contributed by atoms with van der Waals surface area (Å²) in [7, 11) is 0. The number of rotatable bonds is 6. The molecule has 3 heterocycles. The molecule has 168 valence electrons. The molecule has 1 atom stereocenters. The van der Waals surface area contributed by atoms with E-state index >= 15 is 0 Å². The second-order valence-corrected chi connectivity index (χ2v) is 8.57. The molecule has 8 nitrogen and oxygen atoms in total. The minimum absolute atomic E-state index is 0.133. The smallest absolute Gasteiger partial charge is 0.254 e. The van der Waals surface area contributed by atoms with Crippen LogP contribution in [0.1, 0.15) is 51.9 Å². The third-order valence-corrected chi connectivity index (χ3v) is 6.09. The number of carbonyl (C=O) groups excluding carboxylic acids is 1. The van der Waals surface area contributed by atoms with Crippen LogP contribution in [-0.2, 0) is 6.54 Å². The maximum Gasteiger partial charge on any atom is 0.254 e. The van der Waals surface area contributed by atoms with Crippen LogP contribution in [0.3, 0.4) is 0 Å². The van der Waals surface area contributed by atoms with Gasteiger partial charge in [-0.25, -0.2) is 15.0 Å². The summed E-state index contributed by atoms with van der Waals surface area (Å²) in [5.41, 5.74) is 9.28. The van der Waals surface area contributed by atoms with E-state index in [0.29, 0.717) is 28.5 Å². The molecule has 0 aliphatic heterocycles. The van der Waals surface area contributed by atoms with Crippen LogP contribution in [0, 0.1) is 24.2 Å². The molecule has 8 heteroatoms. The first kappa shape index (κ1) is 21.5. The van der Waals surface area contributed by atoms with E-state index in [1.54, 1.807) is 41.6 Å². The minimum atomic E-state index is -0.270. The van der Waals surface area contributed by atoms with Gasteiger partial charge in [-0.3, -0.25) is 9.78 Å². The van der Waals surface area contributed by atoms with E-state index in [-0.39, 0.29) is 24.4 Å². The molecule has 0 radical (unpaired) electrons. The fourth-order valence-corrected chi connectivity index (χ4v) is 4.13. The van der Waals surface area contributed by atoms with Crippen LogP contribution in [-0.4, -0.2) is 30.7 Å². The van der Waals surface area contributed by atoms with Crippen LogP contribution < -0.4 is 5.73 Å². The number of nitrogens with zero attached hydrogens (tertiary/aromatic N) is 6. The Hall–Kier alpha value is -4.38. The quantitative estimate of drug-likeness (QED) is 0.472. The number of hydrogen-bond acceptors (Lipinski definition) is 7. The van der Waals surface area contributed by atoms with Crippen molar-refractivity contribution in [2.45, 2.75) is 32.4 Å². The van der Waals surface area contributed by atoms with Crippen LogP contribution in [0.2, 0.25) is 0 Å². The van der Waals surface area contributed by atoms with Crippen LogP contribution >= 0.6 is 0 Å². The Morgan fingerprint density at radius 2 is 1.97 bits per heavy atom. The molecule has 1 aliphatic carbocycles. The average molecular weight is 450 g/mol. The number of nitrogens with two attached hydrogens (primary N) is 1. The van der Waals surface area contributed by atoms with Crippen LogP contribution in [0.15, 0.2) is 61.1 Å². The summed E-state index contributed by atoms with van der Waals surface area (Å²) in [5.74, 6) is 1.26. The van der Waals surface area contributed by atoms with E-state index in [2.05, 4.69) is 26.0 Å². The lowest BCUT2D eigenvalue weighted by atomic mass is 10.0. The summed E-state index contributed by atoms with van der Waals surface area (Å²) in [6.07, 6.45) is 6.95. The molecule has 1 aliphatic rings. The lowest BCUT2D eigenvalue weighted by Gasteiger charge is -2.31. The maximum absolute atomic E-state index is 14.0. The van der Waals surface area contributed by atoms with Crippen molar-refractivity contribution in [3.8, 4) is 6.07 Å². The van der Waals surface area contributed by atoms with Gasteiger partial charge in [-0.1, -0.05) is 0 Å². The number of benzene rings is 1. The number of fused-ring (bicyclic) bond motifs is 1. The van der Waals surface area contributed by atoms with E-state index in [9.17, 15) is 4.79 Å². The highest BCUT2D eigenvalue weighted by molar-refractivity contribution is 5.98. The first-order valence-electron chi connectivity index (χ1n) is 11.1. The van der Waals surface area contributed by atoms with Gasteiger partial charge in [0.2, 0.25) is 0 Å². The molecule has 4 aromatic rings. The molecule has 1 amide bonds. The second-order valence-electron chi connectivity index (χ2n) is 8.57. The van der Waals surface area contributed by atoms with Gasteiger partial charge in [0, 0.05) is 29.5 Å². The highest BCUT2D eigenvalue weighted by Crippen LogP contribution is 2.44. The van der Waals surface area contributed by atoms with E-state index in [1.807, 2.05) is 25.1 Å². The summed E-state index contributed by atoms with van der Waals surface area (Å²) < 4.78 is 0. The first-order valence-corrected chi connectivity index (χ1v) is 11.1. The highest BCUT2D eigenvalue weighted by atomic mass is 16.2. The van der Waals surface area contributed by atoms with Crippen molar-refractivity contribution in [3.05, 3.63) is 89.3 Å². The molecule has 2 N–H and O–H groups in total. The predicted molar refractivity (Wildman–Crippen MR) is 127 cm³/mol. The number of carbonyl (C=O) groups is 1.